The molecule has 0 aliphatic carbocycles. The first kappa shape index (κ1) is 14.1. The highest BCUT2D eigenvalue weighted by Crippen LogP contribution is 2.11. The zero-order chi connectivity index (χ0) is 13.6. The highest BCUT2D eigenvalue weighted by molar-refractivity contribution is 5.89. The molecule has 0 aromatic heterocycles. The van der Waals surface area contributed by atoms with Crippen molar-refractivity contribution >= 4 is 11.7 Å². The second kappa shape index (κ2) is 6.08. The van der Waals surface area contributed by atoms with Crippen molar-refractivity contribution in [2.24, 2.45) is 0 Å². The maximum absolute atomic E-state index is 11.7. The fourth-order valence-electron chi connectivity index (χ4n) is 1.50. The van der Waals surface area contributed by atoms with Crippen molar-refractivity contribution in [2.45, 2.75) is 25.8 Å². The monoisotopic (exact) mass is 246 g/mol. The lowest BCUT2D eigenvalue weighted by molar-refractivity contribution is 0.218. The number of nitrogens with one attached hydrogen (secondary N) is 2. The van der Waals surface area contributed by atoms with Gasteiger partial charge in [-0.15, -0.1) is 6.42 Å². The number of rotatable bonds is 4. The smallest absolute Gasteiger partial charge is 0.319 e. The summed E-state index contributed by atoms with van der Waals surface area (Å²) < 4.78 is 0. The van der Waals surface area contributed by atoms with E-state index < -0.39 is 5.54 Å². The molecule has 0 radical (unpaired) electrons. The average molecular weight is 246 g/mol. The van der Waals surface area contributed by atoms with Crippen molar-refractivity contribution in [3.63, 3.8) is 0 Å². The van der Waals surface area contributed by atoms with Crippen LogP contribution in [-0.2, 0) is 0 Å². The van der Waals surface area contributed by atoms with E-state index in [9.17, 15) is 4.79 Å². The number of hydrogen-bond donors (Lipinski definition) is 3. The predicted molar refractivity (Wildman–Crippen MR) is 72.3 cm³/mol. The topological polar surface area (TPSA) is 61.4 Å². The summed E-state index contributed by atoms with van der Waals surface area (Å²) in [6, 6.07) is 6.74. The van der Waals surface area contributed by atoms with Gasteiger partial charge in [-0.25, -0.2) is 4.79 Å². The molecule has 96 valence electrons. The Morgan fingerprint density at radius 2 is 2.22 bits per heavy atom. The fraction of sp³-hybridized carbons (Fsp3) is 0.357. The standard InChI is InChI=1S/C14H18N2O2/c1-4-11-6-5-7-12(10-11)15-13(18)16-14(2,3)8-9-17/h1,5-7,10,17H,8-9H2,2-3H3,(H2,15,16,18). The average Bonchev–Trinajstić information content (AvgIpc) is 2.28. The molecule has 0 bridgehead atoms. The lowest BCUT2D eigenvalue weighted by atomic mass is 10.0. The number of hydrogen-bond acceptors (Lipinski definition) is 2. The Balaban J connectivity index is 2.62. The van der Waals surface area contributed by atoms with Crippen LogP contribution >= 0.6 is 0 Å². The first-order valence-electron chi connectivity index (χ1n) is 5.73. The van der Waals surface area contributed by atoms with E-state index in [0.29, 0.717) is 17.7 Å². The third-order valence-electron chi connectivity index (χ3n) is 2.48. The second-order valence-electron chi connectivity index (χ2n) is 4.66. The van der Waals surface area contributed by atoms with Gasteiger partial charge in [-0.05, 0) is 38.5 Å². The van der Waals surface area contributed by atoms with Crippen molar-refractivity contribution in [1.29, 1.82) is 0 Å². The van der Waals surface area contributed by atoms with Gasteiger partial charge in [-0.3, -0.25) is 0 Å². The van der Waals surface area contributed by atoms with Crippen LogP contribution in [0.2, 0.25) is 0 Å². The van der Waals surface area contributed by atoms with Crippen molar-refractivity contribution in [3.8, 4) is 12.3 Å². The summed E-state index contributed by atoms with van der Waals surface area (Å²) in [6.45, 7) is 3.72. The molecule has 0 heterocycles. The van der Waals surface area contributed by atoms with Crippen LogP contribution in [0, 0.1) is 12.3 Å². The Hall–Kier alpha value is -1.99. The van der Waals surface area contributed by atoms with Gasteiger partial charge in [0.25, 0.3) is 0 Å². The normalized spacial score (nSPS) is 10.6. The van der Waals surface area contributed by atoms with E-state index in [2.05, 4.69) is 16.6 Å². The number of urea groups is 1. The summed E-state index contributed by atoms with van der Waals surface area (Å²) in [5.74, 6) is 2.50. The van der Waals surface area contributed by atoms with Crippen LogP contribution in [0.5, 0.6) is 0 Å². The summed E-state index contributed by atoms with van der Waals surface area (Å²) in [5, 5.41) is 14.4. The van der Waals surface area contributed by atoms with Gasteiger partial charge in [-0.1, -0.05) is 12.0 Å². The van der Waals surface area contributed by atoms with Gasteiger partial charge in [0.2, 0.25) is 0 Å². The van der Waals surface area contributed by atoms with Crippen LogP contribution in [0.25, 0.3) is 0 Å². The van der Waals surface area contributed by atoms with E-state index in [1.54, 1.807) is 24.3 Å². The number of benzene rings is 1. The van der Waals surface area contributed by atoms with Gasteiger partial charge in [0.15, 0.2) is 0 Å². The van der Waals surface area contributed by atoms with Gasteiger partial charge in [-0.2, -0.15) is 0 Å². The van der Waals surface area contributed by atoms with Crippen LogP contribution in [0.1, 0.15) is 25.8 Å². The Kier molecular flexibility index (Phi) is 4.75. The lowest BCUT2D eigenvalue weighted by Gasteiger charge is -2.25. The van der Waals surface area contributed by atoms with Crippen LogP contribution in [0.3, 0.4) is 0 Å². The van der Waals surface area contributed by atoms with E-state index >= 15 is 0 Å². The summed E-state index contributed by atoms with van der Waals surface area (Å²) in [6.07, 6.45) is 5.78. The zero-order valence-electron chi connectivity index (χ0n) is 10.7. The van der Waals surface area contributed by atoms with Gasteiger partial charge < -0.3 is 15.7 Å². The number of aliphatic hydroxyl groups is 1. The minimum absolute atomic E-state index is 0.0276. The van der Waals surface area contributed by atoms with Gasteiger partial charge >= 0.3 is 6.03 Å². The summed E-state index contributed by atoms with van der Waals surface area (Å²) in [7, 11) is 0. The molecular formula is C14H18N2O2. The third kappa shape index (κ3) is 4.48. The van der Waals surface area contributed by atoms with Crippen molar-refractivity contribution < 1.29 is 9.90 Å². The summed E-state index contributed by atoms with van der Waals surface area (Å²) >= 11 is 0. The first-order chi connectivity index (χ1) is 8.46. The maximum atomic E-state index is 11.7. The number of carbonyl (C=O) groups excluding carboxylic acids is 1. The van der Waals surface area contributed by atoms with Crippen LogP contribution in [0.15, 0.2) is 24.3 Å². The molecule has 0 aliphatic heterocycles. The van der Waals surface area contributed by atoms with E-state index in [4.69, 9.17) is 11.5 Å². The second-order valence-corrected chi connectivity index (χ2v) is 4.66. The van der Waals surface area contributed by atoms with Crippen LogP contribution in [-0.4, -0.2) is 23.3 Å². The SMILES string of the molecule is C#Cc1cccc(NC(=O)NC(C)(C)CCO)c1. The van der Waals surface area contributed by atoms with Crippen LogP contribution < -0.4 is 10.6 Å². The first-order valence-corrected chi connectivity index (χ1v) is 5.73. The molecule has 0 unspecified atom stereocenters. The van der Waals surface area contributed by atoms with Crippen molar-refractivity contribution in [2.75, 3.05) is 11.9 Å². The quantitative estimate of drug-likeness (QED) is 0.711. The summed E-state index contributed by atoms with van der Waals surface area (Å²) in [5.41, 5.74) is 0.896. The zero-order valence-corrected chi connectivity index (χ0v) is 10.7. The molecule has 0 saturated carbocycles. The number of carbonyl (C=O) groups is 1. The molecule has 1 rings (SSSR count). The molecule has 1 aromatic rings. The molecular weight excluding hydrogens is 228 g/mol. The third-order valence-corrected chi connectivity index (χ3v) is 2.48. The lowest BCUT2D eigenvalue weighted by Crippen LogP contribution is -2.46. The van der Waals surface area contributed by atoms with E-state index in [1.165, 1.54) is 0 Å². The number of terminal acetylenes is 1. The number of anilines is 1. The minimum atomic E-state index is -0.456. The minimum Gasteiger partial charge on any atom is -0.396 e. The Bertz CT molecular complexity index is 461. The molecule has 4 nitrogen and oxygen atoms in total. The molecule has 2 amide bonds. The Labute approximate surface area is 107 Å². The van der Waals surface area contributed by atoms with Crippen molar-refractivity contribution in [3.05, 3.63) is 29.8 Å². The number of aliphatic hydroxyl groups excluding tert-OH is 1. The van der Waals surface area contributed by atoms with E-state index in [1.807, 2.05) is 13.8 Å². The molecule has 0 spiro atoms. The number of amides is 2. The molecule has 0 atom stereocenters. The predicted octanol–water partition coefficient (Wildman–Crippen LogP) is 1.95. The van der Waals surface area contributed by atoms with Crippen molar-refractivity contribution in [1.82, 2.24) is 5.32 Å². The van der Waals surface area contributed by atoms with Crippen LogP contribution in [0.4, 0.5) is 10.5 Å². The van der Waals surface area contributed by atoms with E-state index in [0.717, 1.165) is 0 Å². The molecule has 18 heavy (non-hydrogen) atoms. The molecule has 3 N–H and O–H groups in total. The maximum Gasteiger partial charge on any atom is 0.319 e. The van der Waals surface area contributed by atoms with Gasteiger partial charge in [0.05, 0.1) is 0 Å². The fourth-order valence-corrected chi connectivity index (χ4v) is 1.50. The summed E-state index contributed by atoms with van der Waals surface area (Å²) in [4.78, 5) is 11.7. The largest absolute Gasteiger partial charge is 0.396 e. The molecule has 0 fully saturated rings. The highest BCUT2D eigenvalue weighted by Gasteiger charge is 2.19. The van der Waals surface area contributed by atoms with Gasteiger partial charge in [0, 0.05) is 23.4 Å². The highest BCUT2D eigenvalue weighted by atomic mass is 16.3. The molecule has 0 saturated heterocycles. The Morgan fingerprint density at radius 3 is 2.83 bits per heavy atom. The molecule has 0 aliphatic rings. The molecule has 4 heteroatoms. The Morgan fingerprint density at radius 1 is 1.50 bits per heavy atom. The van der Waals surface area contributed by atoms with Gasteiger partial charge in [0.1, 0.15) is 0 Å². The molecule has 1 aromatic carbocycles. The van der Waals surface area contributed by atoms with E-state index in [-0.39, 0.29) is 12.6 Å².